The summed E-state index contributed by atoms with van der Waals surface area (Å²) in [5.41, 5.74) is 2.14. The monoisotopic (exact) mass is 284 g/mol. The molecule has 0 bridgehead atoms. The average molecular weight is 284 g/mol. The minimum atomic E-state index is -0.480. The van der Waals surface area contributed by atoms with E-state index in [-0.39, 0.29) is 18.2 Å². The second-order valence-electron chi connectivity index (χ2n) is 4.47. The van der Waals surface area contributed by atoms with Crippen molar-refractivity contribution in [2.45, 2.75) is 6.92 Å². The fourth-order valence-electron chi connectivity index (χ4n) is 2.20. The molecule has 0 saturated heterocycles. The van der Waals surface area contributed by atoms with E-state index in [4.69, 9.17) is 4.74 Å². The molecule has 2 heterocycles. The van der Waals surface area contributed by atoms with Crippen LogP contribution in [0.15, 0.2) is 48.7 Å². The fourth-order valence-corrected chi connectivity index (χ4v) is 2.20. The van der Waals surface area contributed by atoms with Crippen LogP contribution in [-0.2, 0) is 4.74 Å². The van der Waals surface area contributed by atoms with Crippen LogP contribution in [-0.4, -0.2) is 22.0 Å². The molecule has 0 aliphatic carbocycles. The number of hydrogen-bond acceptors (Lipinski definition) is 3. The molecule has 21 heavy (non-hydrogen) atoms. The van der Waals surface area contributed by atoms with Crippen molar-refractivity contribution in [1.29, 1.82) is 0 Å². The molecule has 0 atom stereocenters. The van der Waals surface area contributed by atoms with E-state index in [0.717, 1.165) is 11.1 Å². The van der Waals surface area contributed by atoms with Crippen molar-refractivity contribution >= 4 is 11.5 Å². The van der Waals surface area contributed by atoms with Gasteiger partial charge >= 0.3 is 5.97 Å². The number of nitrogens with zero attached hydrogens (tertiary/aromatic N) is 2. The largest absolute Gasteiger partial charge is 0.460 e. The second-order valence-corrected chi connectivity index (χ2v) is 4.47. The van der Waals surface area contributed by atoms with Gasteiger partial charge < -0.3 is 4.74 Å². The molecule has 5 heteroatoms. The van der Waals surface area contributed by atoms with Gasteiger partial charge in [-0.1, -0.05) is 6.07 Å². The summed E-state index contributed by atoms with van der Waals surface area (Å²) < 4.78 is 19.7. The van der Waals surface area contributed by atoms with Crippen LogP contribution in [0.1, 0.15) is 17.5 Å². The van der Waals surface area contributed by atoms with Crippen LogP contribution < -0.4 is 0 Å². The zero-order chi connectivity index (χ0) is 14.8. The normalized spacial score (nSPS) is 10.8. The van der Waals surface area contributed by atoms with Gasteiger partial charge in [0.05, 0.1) is 17.8 Å². The number of benzene rings is 1. The van der Waals surface area contributed by atoms with Crippen molar-refractivity contribution < 1.29 is 13.9 Å². The molecular weight excluding hydrogens is 271 g/mol. The lowest BCUT2D eigenvalue weighted by atomic mass is 10.1. The average Bonchev–Trinajstić information content (AvgIpc) is 2.88. The van der Waals surface area contributed by atoms with E-state index in [1.807, 2.05) is 18.2 Å². The zero-order valence-corrected chi connectivity index (χ0v) is 11.4. The number of rotatable bonds is 3. The molecule has 0 spiro atoms. The van der Waals surface area contributed by atoms with Crippen LogP contribution in [0.3, 0.4) is 0 Å². The number of esters is 1. The molecule has 0 aliphatic rings. The maximum Gasteiger partial charge on any atom is 0.374 e. The van der Waals surface area contributed by atoms with Gasteiger partial charge in [-0.25, -0.2) is 14.2 Å². The number of pyridine rings is 1. The highest BCUT2D eigenvalue weighted by Gasteiger charge is 2.18. The predicted octanol–water partition coefficient (Wildman–Crippen LogP) is 3.32. The lowest BCUT2D eigenvalue weighted by molar-refractivity contribution is 0.0511. The van der Waals surface area contributed by atoms with Gasteiger partial charge in [0, 0.05) is 11.8 Å². The molecule has 0 unspecified atom stereocenters. The lowest BCUT2D eigenvalue weighted by Gasteiger charge is -2.00. The summed E-state index contributed by atoms with van der Waals surface area (Å²) in [7, 11) is 0. The van der Waals surface area contributed by atoms with Gasteiger partial charge in [-0.15, -0.1) is 0 Å². The lowest BCUT2D eigenvalue weighted by Crippen LogP contribution is -2.09. The first-order valence-electron chi connectivity index (χ1n) is 6.61. The van der Waals surface area contributed by atoms with Crippen LogP contribution >= 0.6 is 0 Å². The van der Waals surface area contributed by atoms with Crippen molar-refractivity contribution in [3.05, 3.63) is 60.3 Å². The molecule has 2 aromatic heterocycles. The summed E-state index contributed by atoms with van der Waals surface area (Å²) in [6, 6.07) is 11.5. The van der Waals surface area contributed by atoms with E-state index in [9.17, 15) is 9.18 Å². The van der Waals surface area contributed by atoms with Crippen LogP contribution in [0, 0.1) is 5.82 Å². The minimum absolute atomic E-state index is 0.215. The van der Waals surface area contributed by atoms with E-state index >= 15 is 0 Å². The van der Waals surface area contributed by atoms with Gasteiger partial charge in [0.25, 0.3) is 0 Å². The first-order chi connectivity index (χ1) is 10.2. The standard InChI is InChI=1S/C16H13FN2O2/c1-2-21-16(20)15-18-14(11-6-8-12(17)9-7-11)13-5-3-4-10-19(13)15/h3-10H,2H2,1H3. The van der Waals surface area contributed by atoms with Crippen molar-refractivity contribution in [2.24, 2.45) is 0 Å². The van der Waals surface area contributed by atoms with Crippen LogP contribution in [0.2, 0.25) is 0 Å². The van der Waals surface area contributed by atoms with Gasteiger partial charge in [0.2, 0.25) is 5.82 Å². The number of carbonyl (C=O) groups is 1. The maximum atomic E-state index is 13.1. The Morgan fingerprint density at radius 3 is 2.71 bits per heavy atom. The molecular formula is C16H13FN2O2. The fraction of sp³-hybridized carbons (Fsp3) is 0.125. The summed E-state index contributed by atoms with van der Waals surface area (Å²) in [4.78, 5) is 16.4. The maximum absolute atomic E-state index is 13.1. The smallest absolute Gasteiger partial charge is 0.374 e. The topological polar surface area (TPSA) is 43.6 Å². The molecule has 0 saturated carbocycles. The Morgan fingerprint density at radius 1 is 1.24 bits per heavy atom. The van der Waals surface area contributed by atoms with Crippen LogP contribution in [0.25, 0.3) is 16.8 Å². The molecule has 1 aromatic carbocycles. The number of fused-ring (bicyclic) bond motifs is 1. The van der Waals surface area contributed by atoms with E-state index in [1.54, 1.807) is 29.7 Å². The third kappa shape index (κ3) is 2.38. The number of imidazole rings is 1. The highest BCUT2D eigenvalue weighted by atomic mass is 19.1. The third-order valence-electron chi connectivity index (χ3n) is 3.12. The first kappa shape index (κ1) is 13.3. The zero-order valence-electron chi connectivity index (χ0n) is 11.4. The predicted molar refractivity (Wildman–Crippen MR) is 76.5 cm³/mol. The van der Waals surface area contributed by atoms with Crippen molar-refractivity contribution in [3.8, 4) is 11.3 Å². The number of aromatic nitrogens is 2. The van der Waals surface area contributed by atoms with Gasteiger partial charge in [-0.3, -0.25) is 4.40 Å². The second kappa shape index (κ2) is 5.36. The Balaban J connectivity index is 2.19. The summed E-state index contributed by atoms with van der Waals surface area (Å²) >= 11 is 0. The van der Waals surface area contributed by atoms with Crippen LogP contribution in [0.5, 0.6) is 0 Å². The van der Waals surface area contributed by atoms with E-state index in [2.05, 4.69) is 4.98 Å². The molecule has 0 aliphatic heterocycles. The summed E-state index contributed by atoms with van der Waals surface area (Å²) in [5.74, 6) is -0.577. The van der Waals surface area contributed by atoms with Crippen molar-refractivity contribution in [3.63, 3.8) is 0 Å². The third-order valence-corrected chi connectivity index (χ3v) is 3.12. The molecule has 106 valence electrons. The van der Waals surface area contributed by atoms with Gasteiger partial charge in [0.1, 0.15) is 5.82 Å². The van der Waals surface area contributed by atoms with Gasteiger partial charge in [-0.05, 0) is 43.3 Å². The number of ether oxygens (including phenoxy) is 1. The van der Waals surface area contributed by atoms with Crippen molar-refractivity contribution in [2.75, 3.05) is 6.61 Å². The molecule has 0 fully saturated rings. The summed E-state index contributed by atoms with van der Waals surface area (Å²) in [6.45, 7) is 2.03. The highest BCUT2D eigenvalue weighted by Crippen LogP contribution is 2.25. The van der Waals surface area contributed by atoms with Crippen LogP contribution in [0.4, 0.5) is 4.39 Å². The van der Waals surface area contributed by atoms with E-state index in [0.29, 0.717) is 5.69 Å². The number of hydrogen-bond donors (Lipinski definition) is 0. The Kier molecular flexibility index (Phi) is 3.39. The molecule has 0 amide bonds. The van der Waals surface area contributed by atoms with E-state index in [1.165, 1.54) is 12.1 Å². The quantitative estimate of drug-likeness (QED) is 0.693. The molecule has 4 nitrogen and oxygen atoms in total. The Morgan fingerprint density at radius 2 is 2.00 bits per heavy atom. The molecule has 0 radical (unpaired) electrons. The SMILES string of the molecule is CCOC(=O)c1nc(-c2ccc(F)cc2)c2ccccn12. The Bertz CT molecular complexity index is 794. The molecule has 3 aromatic rings. The summed E-state index contributed by atoms with van der Waals surface area (Å²) in [6.07, 6.45) is 1.75. The minimum Gasteiger partial charge on any atom is -0.460 e. The summed E-state index contributed by atoms with van der Waals surface area (Å²) in [5, 5.41) is 0. The number of carbonyl (C=O) groups excluding carboxylic acids is 1. The Hall–Kier alpha value is -2.69. The van der Waals surface area contributed by atoms with Gasteiger partial charge in [-0.2, -0.15) is 0 Å². The van der Waals surface area contributed by atoms with Crippen molar-refractivity contribution in [1.82, 2.24) is 9.38 Å². The highest BCUT2D eigenvalue weighted by molar-refractivity contribution is 5.90. The molecule has 0 N–H and O–H groups in total. The molecule has 3 rings (SSSR count). The van der Waals surface area contributed by atoms with Gasteiger partial charge in [0.15, 0.2) is 0 Å². The van der Waals surface area contributed by atoms with E-state index < -0.39 is 5.97 Å². The Labute approximate surface area is 120 Å². The number of halogens is 1. The first-order valence-corrected chi connectivity index (χ1v) is 6.61.